The quantitative estimate of drug-likeness (QED) is 0.217. The SMILES string of the molecule is C=C[C@@H]1C[C@@]1(C(=O)NS(=O)(=O)C1CC1)N(C(=O)[C@H](Nc1cccc(OC)c1)C(C)(C)C)C(=O)N1C[C@H](Oc2ncc(OC)c3ccc(Cl)cc23)CC1C. The number of benzene rings is 2. The summed E-state index contributed by atoms with van der Waals surface area (Å²) < 4.78 is 45.7. The van der Waals surface area contributed by atoms with Crippen LogP contribution in [0.2, 0.25) is 5.02 Å². The average Bonchev–Trinajstić information content (AvgIpc) is 4.04. The van der Waals surface area contributed by atoms with E-state index < -0.39 is 68.2 Å². The van der Waals surface area contributed by atoms with Gasteiger partial charge >= 0.3 is 6.03 Å². The molecule has 53 heavy (non-hydrogen) atoms. The molecule has 3 aromatic rings. The second kappa shape index (κ2) is 14.3. The van der Waals surface area contributed by atoms with Gasteiger partial charge in [0.25, 0.3) is 11.8 Å². The number of fused-ring (bicyclic) bond motifs is 1. The van der Waals surface area contributed by atoms with Crippen LogP contribution in [0.25, 0.3) is 10.8 Å². The Morgan fingerprint density at radius 1 is 1.11 bits per heavy atom. The number of carbonyl (C=O) groups excluding carboxylic acids is 3. The topological polar surface area (TPSA) is 156 Å². The Kier molecular flexibility index (Phi) is 10.3. The fraction of sp³-hybridized carbons (Fsp3) is 0.474. The summed E-state index contributed by atoms with van der Waals surface area (Å²) in [6.07, 6.45) is 3.75. The van der Waals surface area contributed by atoms with E-state index in [1.807, 2.05) is 33.8 Å². The van der Waals surface area contributed by atoms with Crippen molar-refractivity contribution in [3.63, 3.8) is 0 Å². The maximum atomic E-state index is 15.1. The van der Waals surface area contributed by atoms with E-state index >= 15 is 4.79 Å². The third-order valence-corrected chi connectivity index (χ3v) is 12.3. The first-order chi connectivity index (χ1) is 25.0. The van der Waals surface area contributed by atoms with Crippen LogP contribution in [-0.4, -0.2) is 90.8 Å². The molecule has 1 aromatic heterocycles. The van der Waals surface area contributed by atoms with Crippen molar-refractivity contribution in [1.29, 1.82) is 0 Å². The second-order valence-electron chi connectivity index (χ2n) is 15.1. The Labute approximate surface area is 315 Å². The lowest BCUT2D eigenvalue weighted by molar-refractivity contribution is -0.141. The highest BCUT2D eigenvalue weighted by atomic mass is 35.5. The molecule has 0 spiro atoms. The highest BCUT2D eigenvalue weighted by Gasteiger charge is 2.68. The Hall–Kier alpha value is -4.56. The number of aromatic nitrogens is 1. The van der Waals surface area contributed by atoms with Gasteiger partial charge in [-0.3, -0.25) is 14.3 Å². The van der Waals surface area contributed by atoms with Gasteiger partial charge in [0.15, 0.2) is 0 Å². The van der Waals surface area contributed by atoms with Gasteiger partial charge in [-0.25, -0.2) is 23.1 Å². The summed E-state index contributed by atoms with van der Waals surface area (Å²) in [5.41, 5.74) is -2.07. The number of amides is 4. The molecule has 1 unspecified atom stereocenters. The first kappa shape index (κ1) is 38.2. The van der Waals surface area contributed by atoms with Crippen LogP contribution in [0, 0.1) is 11.3 Å². The standard InChI is InChI=1S/C38H46ClN5O8S/c1-8-23-19-38(23,35(46)42-53(48,49)28-13-14-28)44(34(45)32(37(3,4)5)41-25-10-9-11-26(18-25)50-6)36(47)43-21-27(16-22(43)2)52-33-30-17-24(39)12-15-29(30)31(51-7)20-40-33/h8-12,15,17-18,20,22-23,27-28,32,41H,1,13-14,16,19,21H2,2-7H3,(H,42,46)/t22?,23-,27-,32+,38-/m1/s1. The third-order valence-electron chi connectivity index (χ3n) is 10.2. The van der Waals surface area contributed by atoms with Gasteiger partial charge in [0.1, 0.15) is 29.2 Å². The molecule has 2 N–H and O–H groups in total. The van der Waals surface area contributed by atoms with Crippen LogP contribution in [-0.2, 0) is 19.6 Å². The first-order valence-electron chi connectivity index (χ1n) is 17.6. The number of hydrogen-bond donors (Lipinski definition) is 2. The fourth-order valence-corrected chi connectivity index (χ4v) is 8.54. The number of sulfonamides is 1. The zero-order chi connectivity index (χ0) is 38.5. The molecule has 0 radical (unpaired) electrons. The van der Waals surface area contributed by atoms with E-state index in [0.717, 1.165) is 10.3 Å². The molecule has 0 bridgehead atoms. The van der Waals surface area contributed by atoms with E-state index in [9.17, 15) is 18.0 Å². The zero-order valence-corrected chi connectivity index (χ0v) is 32.3. The number of pyridine rings is 1. The molecule has 284 valence electrons. The van der Waals surface area contributed by atoms with Crippen LogP contribution < -0.4 is 24.2 Å². The number of methoxy groups -OCH3 is 2. The summed E-state index contributed by atoms with van der Waals surface area (Å²) in [7, 11) is -0.947. The number of nitrogens with zero attached hydrogens (tertiary/aromatic N) is 3. The second-order valence-corrected chi connectivity index (χ2v) is 17.5. The lowest BCUT2D eigenvalue weighted by Crippen LogP contribution is -2.64. The predicted molar refractivity (Wildman–Crippen MR) is 202 cm³/mol. The number of likely N-dealkylation sites (tertiary alicyclic amines) is 1. The third kappa shape index (κ3) is 7.48. The normalized spacial score (nSPS) is 23.2. The molecule has 1 aliphatic heterocycles. The summed E-state index contributed by atoms with van der Waals surface area (Å²) in [5, 5.41) is 4.43. The summed E-state index contributed by atoms with van der Waals surface area (Å²) in [5.74, 6) is -0.923. The molecule has 3 fully saturated rings. The molecule has 2 saturated carbocycles. The van der Waals surface area contributed by atoms with Gasteiger partial charge in [0.2, 0.25) is 15.9 Å². The fourth-order valence-electron chi connectivity index (χ4n) is 7.01. The van der Waals surface area contributed by atoms with E-state index in [4.69, 9.17) is 25.8 Å². The van der Waals surface area contributed by atoms with E-state index in [0.29, 0.717) is 52.7 Å². The number of hydrogen-bond acceptors (Lipinski definition) is 10. The minimum absolute atomic E-state index is 0.0146. The molecule has 2 aromatic carbocycles. The molecule has 5 atom stereocenters. The van der Waals surface area contributed by atoms with Crippen molar-refractivity contribution in [2.45, 2.75) is 82.4 Å². The number of anilines is 1. The van der Waals surface area contributed by atoms with E-state index in [2.05, 4.69) is 21.6 Å². The number of ether oxygens (including phenoxy) is 3. The highest BCUT2D eigenvalue weighted by Crippen LogP contribution is 2.52. The van der Waals surface area contributed by atoms with Crippen molar-refractivity contribution in [3.8, 4) is 17.4 Å². The smallest absolute Gasteiger partial charge is 0.328 e. The molecule has 15 heteroatoms. The molecule has 13 nitrogen and oxygen atoms in total. The monoisotopic (exact) mass is 767 g/mol. The number of nitrogens with one attached hydrogen (secondary N) is 2. The highest BCUT2D eigenvalue weighted by molar-refractivity contribution is 7.91. The lowest BCUT2D eigenvalue weighted by Gasteiger charge is -2.40. The lowest BCUT2D eigenvalue weighted by atomic mass is 9.85. The summed E-state index contributed by atoms with van der Waals surface area (Å²) in [6.45, 7) is 11.3. The van der Waals surface area contributed by atoms with Crippen molar-refractivity contribution in [1.82, 2.24) is 19.5 Å². The zero-order valence-electron chi connectivity index (χ0n) is 30.7. The molecule has 2 aliphatic carbocycles. The maximum absolute atomic E-state index is 15.1. The van der Waals surface area contributed by atoms with Crippen molar-refractivity contribution in [2.75, 3.05) is 26.1 Å². The van der Waals surface area contributed by atoms with Crippen LogP contribution in [0.4, 0.5) is 10.5 Å². The Morgan fingerprint density at radius 2 is 1.85 bits per heavy atom. The summed E-state index contributed by atoms with van der Waals surface area (Å²) in [4.78, 5) is 51.3. The Balaban J connectivity index is 1.37. The van der Waals surface area contributed by atoms with Crippen LogP contribution in [0.5, 0.6) is 17.4 Å². The maximum Gasteiger partial charge on any atom is 0.328 e. The molecular weight excluding hydrogens is 722 g/mol. The van der Waals surface area contributed by atoms with E-state index in [1.165, 1.54) is 18.1 Å². The number of carbonyl (C=O) groups is 3. The summed E-state index contributed by atoms with van der Waals surface area (Å²) in [6, 6.07) is 10.1. The molecule has 3 aliphatic rings. The van der Waals surface area contributed by atoms with Crippen molar-refractivity contribution >= 4 is 55.9 Å². The van der Waals surface area contributed by atoms with Gasteiger partial charge in [0, 0.05) is 45.9 Å². The molecular formula is C38H46ClN5O8S. The van der Waals surface area contributed by atoms with Crippen LogP contribution >= 0.6 is 11.6 Å². The van der Waals surface area contributed by atoms with Gasteiger partial charge in [-0.1, -0.05) is 44.5 Å². The van der Waals surface area contributed by atoms with Crippen molar-refractivity contribution in [2.24, 2.45) is 11.3 Å². The van der Waals surface area contributed by atoms with Crippen molar-refractivity contribution in [3.05, 3.63) is 66.3 Å². The Bertz CT molecular complexity index is 2050. The van der Waals surface area contributed by atoms with Gasteiger partial charge < -0.3 is 24.4 Å². The minimum atomic E-state index is -4.02. The van der Waals surface area contributed by atoms with Gasteiger partial charge in [-0.2, -0.15) is 0 Å². The van der Waals surface area contributed by atoms with Crippen LogP contribution in [0.15, 0.2) is 61.3 Å². The number of urea groups is 1. The summed E-state index contributed by atoms with van der Waals surface area (Å²) >= 11 is 6.33. The minimum Gasteiger partial charge on any atom is -0.497 e. The first-order valence-corrected chi connectivity index (χ1v) is 19.5. The van der Waals surface area contributed by atoms with Crippen LogP contribution in [0.3, 0.4) is 0 Å². The molecule has 4 amide bonds. The van der Waals surface area contributed by atoms with Crippen LogP contribution in [0.1, 0.15) is 53.4 Å². The van der Waals surface area contributed by atoms with Gasteiger partial charge in [-0.05, 0) is 61.9 Å². The van der Waals surface area contributed by atoms with Gasteiger partial charge in [0.05, 0.1) is 32.2 Å². The molecule has 6 rings (SSSR count). The molecule has 1 saturated heterocycles. The number of halogens is 1. The number of rotatable bonds is 12. The largest absolute Gasteiger partial charge is 0.497 e. The average molecular weight is 768 g/mol. The Morgan fingerprint density at radius 3 is 2.47 bits per heavy atom. The van der Waals surface area contributed by atoms with E-state index in [1.54, 1.807) is 49.7 Å². The van der Waals surface area contributed by atoms with Crippen molar-refractivity contribution < 1.29 is 37.0 Å². The molecule has 2 heterocycles. The number of imide groups is 1. The van der Waals surface area contributed by atoms with Gasteiger partial charge in [-0.15, -0.1) is 6.58 Å². The predicted octanol–water partition coefficient (Wildman–Crippen LogP) is 5.78. The van der Waals surface area contributed by atoms with E-state index in [-0.39, 0.29) is 13.0 Å².